The van der Waals surface area contributed by atoms with E-state index >= 15 is 0 Å². The van der Waals surface area contributed by atoms with Crippen molar-refractivity contribution in [3.63, 3.8) is 0 Å². The summed E-state index contributed by atoms with van der Waals surface area (Å²) in [5.74, 6) is -0.689. The summed E-state index contributed by atoms with van der Waals surface area (Å²) in [6.45, 7) is 2.08. The van der Waals surface area contributed by atoms with Crippen molar-refractivity contribution in [1.82, 2.24) is 0 Å². The number of anilines is 1. The highest BCUT2D eigenvalue weighted by Gasteiger charge is 2.18. The van der Waals surface area contributed by atoms with E-state index in [-0.39, 0.29) is 10.4 Å². The van der Waals surface area contributed by atoms with Crippen LogP contribution in [0.15, 0.2) is 46.9 Å². The van der Waals surface area contributed by atoms with Crippen LogP contribution in [0, 0.1) is 5.82 Å². The van der Waals surface area contributed by atoms with Crippen LogP contribution in [0.1, 0.15) is 22.8 Å². The molecule has 0 N–H and O–H groups in total. The summed E-state index contributed by atoms with van der Waals surface area (Å²) >= 11 is 3.12. The summed E-state index contributed by atoms with van der Waals surface area (Å²) in [6.07, 6.45) is 0.952. The molecule has 20 heavy (non-hydrogen) atoms. The van der Waals surface area contributed by atoms with Gasteiger partial charge in [-0.1, -0.05) is 25.1 Å². The lowest BCUT2D eigenvalue weighted by molar-refractivity contribution is 0.0991. The molecule has 0 fully saturated rings. The van der Waals surface area contributed by atoms with Gasteiger partial charge in [-0.15, -0.1) is 0 Å². The first-order chi connectivity index (χ1) is 9.54. The van der Waals surface area contributed by atoms with Gasteiger partial charge in [0.1, 0.15) is 5.82 Å². The maximum atomic E-state index is 13.5. The SMILES string of the molecule is CCc1ccc(N(C)C(=O)c2cccc(F)c2Br)cc1. The zero-order chi connectivity index (χ0) is 14.7. The Bertz CT molecular complexity index is 625. The Morgan fingerprint density at radius 2 is 1.85 bits per heavy atom. The molecular formula is C16H15BrFNO. The second kappa shape index (κ2) is 6.18. The Morgan fingerprint density at radius 1 is 1.20 bits per heavy atom. The molecule has 0 aliphatic heterocycles. The highest BCUT2D eigenvalue weighted by Crippen LogP contribution is 2.24. The van der Waals surface area contributed by atoms with Crippen LogP contribution in [0.5, 0.6) is 0 Å². The van der Waals surface area contributed by atoms with Crippen molar-refractivity contribution < 1.29 is 9.18 Å². The Morgan fingerprint density at radius 3 is 2.45 bits per heavy atom. The van der Waals surface area contributed by atoms with Gasteiger partial charge in [-0.2, -0.15) is 0 Å². The van der Waals surface area contributed by atoms with Crippen LogP contribution < -0.4 is 4.90 Å². The standard InChI is InChI=1S/C16H15BrFNO/c1-3-11-7-9-12(10-8-11)19(2)16(20)13-5-4-6-14(18)15(13)17/h4-10H,3H2,1-2H3. The second-order valence-corrected chi connectivity index (χ2v) is 5.28. The summed E-state index contributed by atoms with van der Waals surface area (Å²) in [6, 6.07) is 12.2. The molecule has 2 rings (SSSR count). The minimum atomic E-state index is -0.439. The largest absolute Gasteiger partial charge is 0.311 e. The molecule has 2 aromatic carbocycles. The second-order valence-electron chi connectivity index (χ2n) is 4.49. The van der Waals surface area contributed by atoms with Crippen LogP contribution >= 0.6 is 15.9 Å². The molecule has 4 heteroatoms. The van der Waals surface area contributed by atoms with Crippen LogP contribution in [-0.2, 0) is 6.42 Å². The van der Waals surface area contributed by atoms with E-state index in [0.29, 0.717) is 5.56 Å². The van der Waals surface area contributed by atoms with Gasteiger partial charge in [0.05, 0.1) is 10.0 Å². The number of halogens is 2. The van der Waals surface area contributed by atoms with Gasteiger partial charge < -0.3 is 4.90 Å². The molecule has 0 radical (unpaired) electrons. The first-order valence-corrected chi connectivity index (χ1v) is 7.15. The van der Waals surface area contributed by atoms with Gasteiger partial charge in [0, 0.05) is 12.7 Å². The van der Waals surface area contributed by atoms with E-state index in [4.69, 9.17) is 0 Å². The van der Waals surface area contributed by atoms with Crippen molar-refractivity contribution in [3.05, 3.63) is 63.9 Å². The van der Waals surface area contributed by atoms with Gasteiger partial charge >= 0.3 is 0 Å². The fourth-order valence-electron chi connectivity index (χ4n) is 1.92. The number of hydrogen-bond donors (Lipinski definition) is 0. The van der Waals surface area contributed by atoms with Gasteiger partial charge in [-0.05, 0) is 52.2 Å². The normalized spacial score (nSPS) is 10.4. The summed E-state index contributed by atoms with van der Waals surface area (Å²) in [5.41, 5.74) is 2.30. The lowest BCUT2D eigenvalue weighted by Gasteiger charge is -2.18. The Balaban J connectivity index is 2.29. The first-order valence-electron chi connectivity index (χ1n) is 6.35. The molecule has 0 heterocycles. The monoisotopic (exact) mass is 335 g/mol. The summed E-state index contributed by atoms with van der Waals surface area (Å²) in [5, 5.41) is 0. The molecule has 0 atom stereocenters. The molecule has 0 spiro atoms. The van der Waals surface area contributed by atoms with Crippen LogP contribution in [0.4, 0.5) is 10.1 Å². The Hall–Kier alpha value is -1.68. The smallest absolute Gasteiger partial charge is 0.259 e. The number of benzene rings is 2. The molecule has 0 aromatic heterocycles. The van der Waals surface area contributed by atoms with Crippen molar-refractivity contribution in [3.8, 4) is 0 Å². The maximum Gasteiger partial charge on any atom is 0.259 e. The van der Waals surface area contributed by atoms with Crippen molar-refractivity contribution in [1.29, 1.82) is 0 Å². The van der Waals surface area contributed by atoms with Crippen LogP contribution in [0.2, 0.25) is 0 Å². The summed E-state index contributed by atoms with van der Waals surface area (Å²) < 4.78 is 13.7. The molecule has 0 aliphatic carbocycles. The quantitative estimate of drug-likeness (QED) is 0.812. The zero-order valence-corrected chi connectivity index (χ0v) is 12.9. The molecule has 104 valence electrons. The average molecular weight is 336 g/mol. The number of nitrogens with zero attached hydrogens (tertiary/aromatic N) is 1. The maximum absolute atomic E-state index is 13.5. The van der Waals surface area contributed by atoms with E-state index < -0.39 is 5.82 Å². The fraction of sp³-hybridized carbons (Fsp3) is 0.188. The molecular weight excluding hydrogens is 321 g/mol. The molecule has 1 amide bonds. The van der Waals surface area contributed by atoms with Gasteiger partial charge in [-0.25, -0.2) is 4.39 Å². The topological polar surface area (TPSA) is 20.3 Å². The van der Waals surface area contributed by atoms with Gasteiger partial charge in [0.25, 0.3) is 5.91 Å². The minimum Gasteiger partial charge on any atom is -0.311 e. The zero-order valence-electron chi connectivity index (χ0n) is 11.4. The molecule has 0 aliphatic rings. The third-order valence-corrected chi connectivity index (χ3v) is 4.02. The number of hydrogen-bond acceptors (Lipinski definition) is 1. The van der Waals surface area contributed by atoms with E-state index in [1.807, 2.05) is 24.3 Å². The lowest BCUT2D eigenvalue weighted by Crippen LogP contribution is -2.26. The summed E-state index contributed by atoms with van der Waals surface area (Å²) in [7, 11) is 1.68. The third kappa shape index (κ3) is 2.90. The van der Waals surface area contributed by atoms with E-state index in [1.165, 1.54) is 22.6 Å². The van der Waals surface area contributed by atoms with Crippen molar-refractivity contribution >= 4 is 27.5 Å². The predicted molar refractivity (Wildman–Crippen MR) is 82.7 cm³/mol. The van der Waals surface area contributed by atoms with Crippen molar-refractivity contribution in [2.45, 2.75) is 13.3 Å². The van der Waals surface area contributed by atoms with Crippen LogP contribution in [-0.4, -0.2) is 13.0 Å². The highest BCUT2D eigenvalue weighted by atomic mass is 79.9. The molecule has 0 saturated carbocycles. The molecule has 0 saturated heterocycles. The Kier molecular flexibility index (Phi) is 4.55. The van der Waals surface area contributed by atoms with E-state index in [2.05, 4.69) is 22.9 Å². The molecule has 2 nitrogen and oxygen atoms in total. The van der Waals surface area contributed by atoms with Crippen molar-refractivity contribution in [2.24, 2.45) is 0 Å². The van der Waals surface area contributed by atoms with Crippen molar-refractivity contribution in [2.75, 3.05) is 11.9 Å². The number of carbonyl (C=O) groups is 1. The van der Waals surface area contributed by atoms with E-state index in [0.717, 1.165) is 12.1 Å². The van der Waals surface area contributed by atoms with E-state index in [9.17, 15) is 9.18 Å². The van der Waals surface area contributed by atoms with Gasteiger partial charge in [0.15, 0.2) is 0 Å². The lowest BCUT2D eigenvalue weighted by atomic mass is 10.1. The molecule has 2 aromatic rings. The number of aryl methyl sites for hydroxylation is 1. The minimum absolute atomic E-state index is 0.196. The average Bonchev–Trinajstić information content (AvgIpc) is 2.48. The highest BCUT2D eigenvalue weighted by molar-refractivity contribution is 9.10. The van der Waals surface area contributed by atoms with Gasteiger partial charge in [0.2, 0.25) is 0 Å². The predicted octanol–water partition coefficient (Wildman–Crippen LogP) is 4.43. The number of rotatable bonds is 3. The first kappa shape index (κ1) is 14.7. The van der Waals surface area contributed by atoms with E-state index in [1.54, 1.807) is 13.1 Å². The van der Waals surface area contributed by atoms with Gasteiger partial charge in [-0.3, -0.25) is 4.79 Å². The molecule has 0 unspecified atom stereocenters. The number of amides is 1. The third-order valence-electron chi connectivity index (χ3n) is 3.22. The fourth-order valence-corrected chi connectivity index (χ4v) is 2.36. The van der Waals surface area contributed by atoms with Crippen LogP contribution in [0.3, 0.4) is 0 Å². The van der Waals surface area contributed by atoms with Crippen LogP contribution in [0.25, 0.3) is 0 Å². The Labute approximate surface area is 126 Å². The summed E-state index contributed by atoms with van der Waals surface area (Å²) in [4.78, 5) is 13.9. The number of carbonyl (C=O) groups excluding carboxylic acids is 1. The molecule has 0 bridgehead atoms.